The van der Waals surface area contributed by atoms with Gasteiger partial charge in [0, 0.05) is 38.4 Å². The molecule has 0 aliphatic heterocycles. The van der Waals surface area contributed by atoms with Gasteiger partial charge >= 0.3 is 5.97 Å². The molecular weight excluding hydrogens is 282 g/mol. The van der Waals surface area contributed by atoms with E-state index in [4.69, 9.17) is 5.11 Å². The Morgan fingerprint density at radius 3 is 2.23 bits per heavy atom. The van der Waals surface area contributed by atoms with E-state index >= 15 is 0 Å². The maximum absolute atomic E-state index is 11.9. The molecule has 120 valence electrons. The van der Waals surface area contributed by atoms with Crippen LogP contribution in [0.2, 0.25) is 0 Å². The molecule has 5 heteroatoms. The van der Waals surface area contributed by atoms with E-state index in [0.29, 0.717) is 12.0 Å². The summed E-state index contributed by atoms with van der Waals surface area (Å²) in [5, 5.41) is 8.56. The lowest BCUT2D eigenvalue weighted by atomic mass is 10.0. The van der Waals surface area contributed by atoms with Gasteiger partial charge in [-0.3, -0.25) is 14.4 Å². The Morgan fingerprint density at radius 2 is 1.73 bits per heavy atom. The van der Waals surface area contributed by atoms with E-state index in [1.54, 1.807) is 24.1 Å². The molecule has 22 heavy (non-hydrogen) atoms. The average Bonchev–Trinajstić information content (AvgIpc) is 2.46. The second-order valence-corrected chi connectivity index (χ2v) is 5.55. The van der Waals surface area contributed by atoms with Gasteiger partial charge in [0.25, 0.3) is 0 Å². The second kappa shape index (κ2) is 8.32. The molecule has 0 bridgehead atoms. The number of amides is 1. The van der Waals surface area contributed by atoms with Crippen molar-refractivity contribution in [1.82, 2.24) is 4.90 Å². The van der Waals surface area contributed by atoms with Crippen LogP contribution in [0.15, 0.2) is 24.3 Å². The first-order valence-electron chi connectivity index (χ1n) is 7.38. The maximum atomic E-state index is 11.9. The number of benzene rings is 1. The van der Waals surface area contributed by atoms with Crippen LogP contribution in [-0.4, -0.2) is 40.8 Å². The van der Waals surface area contributed by atoms with E-state index in [1.807, 2.05) is 19.1 Å². The van der Waals surface area contributed by atoms with Crippen LogP contribution in [0.3, 0.4) is 0 Å². The molecule has 1 rings (SSSR count). The van der Waals surface area contributed by atoms with Gasteiger partial charge in [-0.2, -0.15) is 0 Å². The Bertz CT molecular complexity index is 536. The zero-order valence-corrected chi connectivity index (χ0v) is 13.3. The molecule has 1 amide bonds. The predicted octanol–water partition coefficient (Wildman–Crippen LogP) is 2.53. The number of aliphatic carboxylic acids is 1. The minimum Gasteiger partial charge on any atom is -0.481 e. The molecule has 0 aromatic heterocycles. The molecule has 1 atom stereocenters. The van der Waals surface area contributed by atoms with Crippen LogP contribution in [0.5, 0.6) is 0 Å². The molecule has 0 fully saturated rings. The lowest BCUT2D eigenvalue weighted by Gasteiger charge is -2.23. The molecule has 0 aliphatic rings. The topological polar surface area (TPSA) is 74.7 Å². The largest absolute Gasteiger partial charge is 0.481 e. The number of hydrogen-bond donors (Lipinski definition) is 1. The number of rotatable bonds is 8. The van der Waals surface area contributed by atoms with Crippen LogP contribution in [0.25, 0.3) is 0 Å². The monoisotopic (exact) mass is 305 g/mol. The zero-order valence-electron chi connectivity index (χ0n) is 13.3. The Kier molecular flexibility index (Phi) is 6.76. The molecule has 0 spiro atoms. The summed E-state index contributed by atoms with van der Waals surface area (Å²) >= 11 is 0. The molecule has 1 aromatic carbocycles. The summed E-state index contributed by atoms with van der Waals surface area (Å²) in [6.45, 7) is 3.52. The Hall–Kier alpha value is -2.17. The lowest BCUT2D eigenvalue weighted by Crippen LogP contribution is -2.34. The standard InChI is InChI=1S/C17H23NO4/c1-12(18(3)13(2)19)11-14-7-9-15(10-8-14)16(20)5-4-6-17(21)22/h7-10,12H,4-6,11H2,1-3H3,(H,21,22). The Morgan fingerprint density at radius 1 is 1.14 bits per heavy atom. The van der Waals surface area contributed by atoms with Crippen LogP contribution < -0.4 is 0 Å². The third kappa shape index (κ3) is 5.68. The van der Waals surface area contributed by atoms with Gasteiger partial charge in [-0.1, -0.05) is 24.3 Å². The number of hydrogen-bond acceptors (Lipinski definition) is 3. The van der Waals surface area contributed by atoms with Crippen molar-refractivity contribution in [1.29, 1.82) is 0 Å². The van der Waals surface area contributed by atoms with E-state index in [2.05, 4.69) is 0 Å². The lowest BCUT2D eigenvalue weighted by molar-refractivity contribution is -0.137. The van der Waals surface area contributed by atoms with Crippen molar-refractivity contribution in [2.45, 2.75) is 45.6 Å². The number of nitrogens with zero attached hydrogens (tertiary/aromatic N) is 1. The number of carboxylic acids is 1. The van der Waals surface area contributed by atoms with Crippen molar-refractivity contribution in [3.05, 3.63) is 35.4 Å². The van der Waals surface area contributed by atoms with Crippen molar-refractivity contribution in [2.75, 3.05) is 7.05 Å². The third-order valence-electron chi connectivity index (χ3n) is 3.76. The molecule has 0 radical (unpaired) electrons. The fourth-order valence-corrected chi connectivity index (χ4v) is 2.16. The number of carbonyl (C=O) groups excluding carboxylic acids is 2. The van der Waals surface area contributed by atoms with Gasteiger partial charge < -0.3 is 10.0 Å². The minimum atomic E-state index is -0.883. The van der Waals surface area contributed by atoms with Crippen molar-refractivity contribution in [3.63, 3.8) is 0 Å². The summed E-state index contributed by atoms with van der Waals surface area (Å²) in [6, 6.07) is 7.39. The number of carbonyl (C=O) groups is 3. The number of Topliss-reactive ketones (excluding diaryl/α,β-unsaturated/α-hetero) is 1. The van der Waals surface area contributed by atoms with Gasteiger partial charge in [0.15, 0.2) is 5.78 Å². The van der Waals surface area contributed by atoms with Crippen LogP contribution in [0.4, 0.5) is 0 Å². The summed E-state index contributed by atoms with van der Waals surface area (Å²) in [7, 11) is 1.77. The van der Waals surface area contributed by atoms with E-state index in [-0.39, 0.29) is 30.6 Å². The fourth-order valence-electron chi connectivity index (χ4n) is 2.16. The van der Waals surface area contributed by atoms with Gasteiger partial charge in [-0.05, 0) is 25.3 Å². The highest BCUT2D eigenvalue weighted by molar-refractivity contribution is 5.96. The maximum Gasteiger partial charge on any atom is 0.303 e. The molecular formula is C17H23NO4. The zero-order chi connectivity index (χ0) is 16.7. The second-order valence-electron chi connectivity index (χ2n) is 5.55. The summed E-state index contributed by atoms with van der Waals surface area (Å²) < 4.78 is 0. The van der Waals surface area contributed by atoms with Crippen LogP contribution in [-0.2, 0) is 16.0 Å². The van der Waals surface area contributed by atoms with E-state index in [0.717, 1.165) is 12.0 Å². The smallest absolute Gasteiger partial charge is 0.303 e. The van der Waals surface area contributed by atoms with Crippen molar-refractivity contribution in [2.24, 2.45) is 0 Å². The molecule has 0 aliphatic carbocycles. The van der Waals surface area contributed by atoms with Crippen molar-refractivity contribution in [3.8, 4) is 0 Å². The first-order chi connectivity index (χ1) is 10.3. The van der Waals surface area contributed by atoms with Gasteiger partial charge in [0.1, 0.15) is 0 Å². The van der Waals surface area contributed by atoms with Gasteiger partial charge in [-0.25, -0.2) is 0 Å². The molecule has 1 unspecified atom stereocenters. The van der Waals surface area contributed by atoms with Gasteiger partial charge in [0.05, 0.1) is 0 Å². The first kappa shape index (κ1) is 17.9. The summed E-state index contributed by atoms with van der Waals surface area (Å²) in [5.41, 5.74) is 1.66. The van der Waals surface area contributed by atoms with Crippen LogP contribution in [0, 0.1) is 0 Å². The normalized spacial score (nSPS) is 11.8. The van der Waals surface area contributed by atoms with Gasteiger partial charge in [0.2, 0.25) is 5.91 Å². The van der Waals surface area contributed by atoms with E-state index in [1.165, 1.54) is 6.92 Å². The predicted molar refractivity (Wildman–Crippen MR) is 83.9 cm³/mol. The highest BCUT2D eigenvalue weighted by Gasteiger charge is 2.13. The minimum absolute atomic E-state index is 0.0126. The summed E-state index contributed by atoms with van der Waals surface area (Å²) in [5.74, 6) is -0.897. The molecule has 0 saturated heterocycles. The molecule has 1 aromatic rings. The van der Waals surface area contributed by atoms with Gasteiger partial charge in [-0.15, -0.1) is 0 Å². The van der Waals surface area contributed by atoms with E-state index < -0.39 is 5.97 Å². The molecule has 0 heterocycles. The molecule has 5 nitrogen and oxygen atoms in total. The number of likely N-dealkylation sites (N-methyl/N-ethyl adjacent to an activating group) is 1. The number of carboxylic acid groups (broad SMARTS) is 1. The summed E-state index contributed by atoms with van der Waals surface area (Å²) in [6.07, 6.45) is 1.34. The van der Waals surface area contributed by atoms with E-state index in [9.17, 15) is 14.4 Å². The quantitative estimate of drug-likeness (QED) is 0.749. The molecule has 0 saturated carbocycles. The van der Waals surface area contributed by atoms with Crippen LogP contribution >= 0.6 is 0 Å². The van der Waals surface area contributed by atoms with Crippen molar-refractivity contribution >= 4 is 17.7 Å². The molecule has 1 N–H and O–H groups in total. The number of ketones is 1. The SMILES string of the molecule is CC(=O)N(C)C(C)Cc1ccc(C(=O)CCCC(=O)O)cc1. The Labute approximate surface area is 130 Å². The highest BCUT2D eigenvalue weighted by Crippen LogP contribution is 2.12. The fraction of sp³-hybridized carbons (Fsp3) is 0.471. The summed E-state index contributed by atoms with van der Waals surface area (Å²) in [4.78, 5) is 35.3. The van der Waals surface area contributed by atoms with Crippen molar-refractivity contribution < 1.29 is 19.5 Å². The average molecular weight is 305 g/mol. The third-order valence-corrected chi connectivity index (χ3v) is 3.76. The Balaban J connectivity index is 2.57. The van der Waals surface area contributed by atoms with Crippen LogP contribution in [0.1, 0.15) is 49.0 Å². The highest BCUT2D eigenvalue weighted by atomic mass is 16.4. The first-order valence-corrected chi connectivity index (χ1v) is 7.38.